The predicted molar refractivity (Wildman–Crippen MR) is 65.1 cm³/mol. The number of hydrogen-bond acceptors (Lipinski definition) is 1. The van der Waals surface area contributed by atoms with E-state index in [1.807, 2.05) is 12.4 Å². The van der Waals surface area contributed by atoms with Crippen LogP contribution in [0, 0.1) is 0 Å². The van der Waals surface area contributed by atoms with E-state index in [4.69, 9.17) is 0 Å². The lowest BCUT2D eigenvalue weighted by atomic mass is 9.92. The van der Waals surface area contributed by atoms with Gasteiger partial charge in [0.1, 0.15) is 0 Å². The zero-order valence-electron chi connectivity index (χ0n) is 9.40. The van der Waals surface area contributed by atoms with Gasteiger partial charge in [0, 0.05) is 17.8 Å². The minimum Gasteiger partial charge on any atom is -0.264 e. The molecule has 0 fully saturated rings. The fourth-order valence-corrected chi connectivity index (χ4v) is 2.17. The van der Waals surface area contributed by atoms with E-state index >= 15 is 0 Å². The number of aromatic nitrogens is 1. The number of benzene rings is 1. The topological polar surface area (TPSA) is 12.9 Å². The van der Waals surface area contributed by atoms with Crippen molar-refractivity contribution in [2.45, 2.75) is 32.6 Å². The summed E-state index contributed by atoms with van der Waals surface area (Å²) in [5.41, 5.74) is 1.46. The van der Waals surface area contributed by atoms with Gasteiger partial charge >= 0.3 is 0 Å². The molecule has 0 spiro atoms. The molecule has 0 radical (unpaired) electrons. The summed E-state index contributed by atoms with van der Waals surface area (Å²) >= 11 is 0. The molecule has 0 saturated carbocycles. The SMILES string of the molecule is CCCC(C)c1cccc2cnccc12. The van der Waals surface area contributed by atoms with Crippen LogP contribution in [0.5, 0.6) is 0 Å². The Kier molecular flexibility index (Phi) is 3.00. The van der Waals surface area contributed by atoms with Gasteiger partial charge in [-0.05, 0) is 29.4 Å². The van der Waals surface area contributed by atoms with Crippen molar-refractivity contribution in [3.05, 3.63) is 42.2 Å². The molecule has 2 rings (SSSR count). The molecule has 0 amide bonds. The van der Waals surface area contributed by atoms with E-state index in [1.165, 1.54) is 29.2 Å². The molecule has 0 aliphatic rings. The molecule has 1 heterocycles. The third-order valence-corrected chi connectivity index (χ3v) is 2.97. The average Bonchev–Trinajstić information content (AvgIpc) is 2.28. The van der Waals surface area contributed by atoms with Crippen molar-refractivity contribution in [1.82, 2.24) is 4.98 Å². The Labute approximate surface area is 91.2 Å². The average molecular weight is 199 g/mol. The molecule has 1 aromatic heterocycles. The van der Waals surface area contributed by atoms with E-state index in [0.29, 0.717) is 5.92 Å². The van der Waals surface area contributed by atoms with Crippen LogP contribution < -0.4 is 0 Å². The first-order valence-corrected chi connectivity index (χ1v) is 5.65. The fraction of sp³-hybridized carbons (Fsp3) is 0.357. The van der Waals surface area contributed by atoms with Crippen molar-refractivity contribution in [1.29, 1.82) is 0 Å². The zero-order valence-corrected chi connectivity index (χ0v) is 9.40. The molecule has 1 nitrogen and oxygen atoms in total. The van der Waals surface area contributed by atoms with Gasteiger partial charge in [-0.2, -0.15) is 0 Å². The van der Waals surface area contributed by atoms with Crippen LogP contribution in [0.3, 0.4) is 0 Å². The zero-order chi connectivity index (χ0) is 10.7. The largest absolute Gasteiger partial charge is 0.264 e. The van der Waals surface area contributed by atoms with Crippen LogP contribution in [0.15, 0.2) is 36.7 Å². The molecule has 2 aromatic rings. The summed E-state index contributed by atoms with van der Waals surface area (Å²) in [6, 6.07) is 8.62. The van der Waals surface area contributed by atoms with Crippen molar-refractivity contribution in [3.63, 3.8) is 0 Å². The van der Waals surface area contributed by atoms with Gasteiger partial charge in [-0.1, -0.05) is 38.5 Å². The molecule has 0 N–H and O–H groups in total. The van der Waals surface area contributed by atoms with Crippen LogP contribution >= 0.6 is 0 Å². The number of pyridine rings is 1. The first-order chi connectivity index (χ1) is 7.33. The third-order valence-electron chi connectivity index (χ3n) is 2.97. The number of rotatable bonds is 3. The molecule has 0 aliphatic carbocycles. The molecule has 0 saturated heterocycles. The van der Waals surface area contributed by atoms with Crippen molar-refractivity contribution in [3.8, 4) is 0 Å². The molecular formula is C14H17N. The molecule has 1 atom stereocenters. The van der Waals surface area contributed by atoms with Gasteiger partial charge in [-0.25, -0.2) is 0 Å². The Hall–Kier alpha value is -1.37. The van der Waals surface area contributed by atoms with Crippen LogP contribution in [0.25, 0.3) is 10.8 Å². The Bertz CT molecular complexity index is 443. The molecule has 78 valence electrons. The van der Waals surface area contributed by atoms with Crippen molar-refractivity contribution >= 4 is 10.8 Å². The number of nitrogens with zero attached hydrogens (tertiary/aromatic N) is 1. The maximum absolute atomic E-state index is 4.16. The Morgan fingerprint density at radius 1 is 1.27 bits per heavy atom. The van der Waals surface area contributed by atoms with Crippen LogP contribution in [-0.2, 0) is 0 Å². The van der Waals surface area contributed by atoms with Gasteiger partial charge in [-0.3, -0.25) is 4.98 Å². The second kappa shape index (κ2) is 4.43. The van der Waals surface area contributed by atoms with E-state index in [0.717, 1.165) is 0 Å². The summed E-state index contributed by atoms with van der Waals surface area (Å²) in [6.07, 6.45) is 6.31. The van der Waals surface area contributed by atoms with Crippen LogP contribution in [0.4, 0.5) is 0 Å². The van der Waals surface area contributed by atoms with Crippen LogP contribution in [0.1, 0.15) is 38.2 Å². The summed E-state index contributed by atoms with van der Waals surface area (Å²) in [7, 11) is 0. The van der Waals surface area contributed by atoms with Crippen molar-refractivity contribution < 1.29 is 0 Å². The highest BCUT2D eigenvalue weighted by molar-refractivity contribution is 5.85. The second-order valence-electron chi connectivity index (χ2n) is 4.13. The normalized spacial score (nSPS) is 12.9. The number of hydrogen-bond donors (Lipinski definition) is 0. The van der Waals surface area contributed by atoms with Crippen molar-refractivity contribution in [2.75, 3.05) is 0 Å². The van der Waals surface area contributed by atoms with Gasteiger partial charge in [0.25, 0.3) is 0 Å². The summed E-state index contributed by atoms with van der Waals surface area (Å²) in [5.74, 6) is 0.640. The first-order valence-electron chi connectivity index (χ1n) is 5.65. The van der Waals surface area contributed by atoms with E-state index in [2.05, 4.69) is 43.1 Å². The monoisotopic (exact) mass is 199 g/mol. The standard InChI is InChI=1S/C14H17N/c1-3-5-11(2)13-7-4-6-12-10-15-9-8-14(12)13/h4,6-11H,3,5H2,1-2H3. The lowest BCUT2D eigenvalue weighted by Crippen LogP contribution is -1.94. The van der Waals surface area contributed by atoms with E-state index < -0.39 is 0 Å². The molecule has 0 aliphatic heterocycles. The van der Waals surface area contributed by atoms with Crippen LogP contribution in [-0.4, -0.2) is 4.98 Å². The quantitative estimate of drug-likeness (QED) is 0.724. The highest BCUT2D eigenvalue weighted by Crippen LogP contribution is 2.27. The van der Waals surface area contributed by atoms with Gasteiger partial charge < -0.3 is 0 Å². The Balaban J connectivity index is 2.50. The summed E-state index contributed by atoms with van der Waals surface area (Å²) in [6.45, 7) is 4.54. The lowest BCUT2D eigenvalue weighted by Gasteiger charge is -2.13. The highest BCUT2D eigenvalue weighted by atomic mass is 14.6. The van der Waals surface area contributed by atoms with Gasteiger partial charge in [0.15, 0.2) is 0 Å². The molecule has 0 bridgehead atoms. The summed E-state index contributed by atoms with van der Waals surface area (Å²) in [4.78, 5) is 4.16. The fourth-order valence-electron chi connectivity index (χ4n) is 2.17. The van der Waals surface area contributed by atoms with Gasteiger partial charge in [0.2, 0.25) is 0 Å². The smallest absolute Gasteiger partial charge is 0.0346 e. The predicted octanol–water partition coefficient (Wildman–Crippen LogP) is 4.14. The molecule has 15 heavy (non-hydrogen) atoms. The highest BCUT2D eigenvalue weighted by Gasteiger charge is 2.07. The Morgan fingerprint density at radius 2 is 2.13 bits per heavy atom. The van der Waals surface area contributed by atoms with Gasteiger partial charge in [0.05, 0.1) is 0 Å². The maximum atomic E-state index is 4.16. The van der Waals surface area contributed by atoms with E-state index in [-0.39, 0.29) is 0 Å². The molecule has 1 heteroatoms. The van der Waals surface area contributed by atoms with Crippen molar-refractivity contribution in [2.24, 2.45) is 0 Å². The molecule has 1 aromatic carbocycles. The molecule has 1 unspecified atom stereocenters. The van der Waals surface area contributed by atoms with E-state index in [9.17, 15) is 0 Å². The minimum atomic E-state index is 0.640. The second-order valence-corrected chi connectivity index (χ2v) is 4.13. The lowest BCUT2D eigenvalue weighted by molar-refractivity contribution is 0.669. The Morgan fingerprint density at radius 3 is 2.93 bits per heavy atom. The molecular weight excluding hydrogens is 182 g/mol. The maximum Gasteiger partial charge on any atom is 0.0346 e. The number of fused-ring (bicyclic) bond motifs is 1. The van der Waals surface area contributed by atoms with E-state index in [1.54, 1.807) is 0 Å². The minimum absolute atomic E-state index is 0.640. The third kappa shape index (κ3) is 2.01. The first kappa shape index (κ1) is 10.2. The van der Waals surface area contributed by atoms with Crippen LogP contribution in [0.2, 0.25) is 0 Å². The summed E-state index contributed by atoms with van der Waals surface area (Å²) in [5, 5.41) is 2.60. The summed E-state index contributed by atoms with van der Waals surface area (Å²) < 4.78 is 0. The van der Waals surface area contributed by atoms with Gasteiger partial charge in [-0.15, -0.1) is 0 Å².